The maximum atomic E-state index is 12.0. The number of nitrogens with two attached hydrogens (primary N) is 1. The Labute approximate surface area is 108 Å². The third-order valence-corrected chi connectivity index (χ3v) is 5.44. The molecule has 2 N–H and O–H groups in total. The molecule has 0 saturated carbocycles. The Bertz CT molecular complexity index is 633. The lowest BCUT2D eigenvalue weighted by Crippen LogP contribution is -2.13. The molecule has 0 radical (unpaired) electrons. The van der Waals surface area contributed by atoms with E-state index in [4.69, 9.17) is 5.73 Å². The van der Waals surface area contributed by atoms with E-state index >= 15 is 0 Å². The molecule has 0 bridgehead atoms. The van der Waals surface area contributed by atoms with Gasteiger partial charge in [0.1, 0.15) is 9.84 Å². The Morgan fingerprint density at radius 2 is 1.72 bits per heavy atom. The van der Waals surface area contributed by atoms with Crippen molar-refractivity contribution in [3.8, 4) is 0 Å². The minimum absolute atomic E-state index is 0.0927. The molecule has 1 rings (SSSR count). The molecule has 0 amide bonds. The summed E-state index contributed by atoms with van der Waals surface area (Å²) >= 11 is 0. The molecule has 0 fully saturated rings. The van der Waals surface area contributed by atoms with Gasteiger partial charge in [0, 0.05) is 11.9 Å². The SMILES string of the molecule is Cc1ccc(N)cc1S(=O)(=O)CCCS(C)(=O)=O. The number of benzene rings is 1. The van der Waals surface area contributed by atoms with Crippen molar-refractivity contribution in [2.24, 2.45) is 0 Å². The highest BCUT2D eigenvalue weighted by Crippen LogP contribution is 2.20. The summed E-state index contributed by atoms with van der Waals surface area (Å²) in [5.41, 5.74) is 6.55. The predicted molar refractivity (Wildman–Crippen MR) is 72.0 cm³/mol. The normalized spacial score (nSPS) is 12.6. The third kappa shape index (κ3) is 4.30. The molecule has 0 saturated heterocycles. The molecule has 0 heterocycles. The van der Waals surface area contributed by atoms with Gasteiger partial charge in [-0.3, -0.25) is 0 Å². The maximum Gasteiger partial charge on any atom is 0.178 e. The lowest BCUT2D eigenvalue weighted by Gasteiger charge is -2.08. The largest absolute Gasteiger partial charge is 0.399 e. The minimum atomic E-state index is -3.48. The molecule has 0 atom stereocenters. The second kappa shape index (κ2) is 5.27. The predicted octanol–water partition coefficient (Wildman–Crippen LogP) is 0.786. The van der Waals surface area contributed by atoms with E-state index in [-0.39, 0.29) is 22.8 Å². The molecule has 1 aromatic carbocycles. The summed E-state index contributed by atoms with van der Waals surface area (Å²) in [5.74, 6) is -0.321. The van der Waals surface area contributed by atoms with Gasteiger partial charge >= 0.3 is 0 Å². The second-order valence-electron chi connectivity index (χ2n) is 4.33. The van der Waals surface area contributed by atoms with Crippen LogP contribution in [0.1, 0.15) is 12.0 Å². The highest BCUT2D eigenvalue weighted by molar-refractivity contribution is 7.92. The monoisotopic (exact) mass is 291 g/mol. The first-order valence-electron chi connectivity index (χ1n) is 5.38. The summed E-state index contributed by atoms with van der Waals surface area (Å²) in [6.07, 6.45) is 1.18. The highest BCUT2D eigenvalue weighted by atomic mass is 32.2. The number of hydrogen-bond acceptors (Lipinski definition) is 5. The van der Waals surface area contributed by atoms with Gasteiger partial charge in [-0.15, -0.1) is 0 Å². The molecule has 0 aliphatic carbocycles. The Hall–Kier alpha value is -1.08. The van der Waals surface area contributed by atoms with Crippen LogP contribution in [0, 0.1) is 6.92 Å². The fourth-order valence-electron chi connectivity index (χ4n) is 1.57. The molecule has 5 nitrogen and oxygen atoms in total. The van der Waals surface area contributed by atoms with E-state index in [1.54, 1.807) is 19.1 Å². The van der Waals surface area contributed by atoms with Crippen molar-refractivity contribution >= 4 is 25.4 Å². The van der Waals surface area contributed by atoms with Crippen LogP contribution in [-0.2, 0) is 19.7 Å². The first kappa shape index (κ1) is 15.0. The summed E-state index contributed by atoms with van der Waals surface area (Å²) < 4.78 is 46.0. The quantitative estimate of drug-likeness (QED) is 0.809. The number of aryl methyl sites for hydroxylation is 1. The molecule has 0 aliphatic heterocycles. The molecule has 7 heteroatoms. The first-order valence-corrected chi connectivity index (χ1v) is 9.10. The standard InChI is InChI=1S/C11H17NO4S2/c1-9-4-5-10(12)8-11(9)18(15,16)7-3-6-17(2,13)14/h4-5,8H,3,6-7,12H2,1-2H3. The average Bonchev–Trinajstić information content (AvgIpc) is 2.19. The Balaban J connectivity index is 2.90. The van der Waals surface area contributed by atoms with Crippen molar-refractivity contribution in [1.82, 2.24) is 0 Å². The first-order chi connectivity index (χ1) is 8.12. The van der Waals surface area contributed by atoms with Gasteiger partial charge in [-0.2, -0.15) is 0 Å². The van der Waals surface area contributed by atoms with E-state index in [1.807, 2.05) is 0 Å². The molecular weight excluding hydrogens is 274 g/mol. The lowest BCUT2D eigenvalue weighted by molar-refractivity contribution is 0.592. The van der Waals surface area contributed by atoms with Crippen molar-refractivity contribution in [3.05, 3.63) is 23.8 Å². The summed E-state index contributed by atoms with van der Waals surface area (Å²) in [7, 11) is -6.62. The Morgan fingerprint density at radius 1 is 1.11 bits per heavy atom. The summed E-state index contributed by atoms with van der Waals surface area (Å²) in [5, 5.41) is 0. The molecule has 0 unspecified atom stereocenters. The maximum absolute atomic E-state index is 12.0. The Morgan fingerprint density at radius 3 is 2.28 bits per heavy atom. The zero-order valence-electron chi connectivity index (χ0n) is 10.4. The average molecular weight is 291 g/mol. The van der Waals surface area contributed by atoms with Gasteiger partial charge in [-0.1, -0.05) is 6.07 Å². The topological polar surface area (TPSA) is 94.3 Å². The van der Waals surface area contributed by atoms with Crippen molar-refractivity contribution in [3.63, 3.8) is 0 Å². The van der Waals surface area contributed by atoms with E-state index in [1.165, 1.54) is 6.07 Å². The van der Waals surface area contributed by atoms with E-state index < -0.39 is 19.7 Å². The smallest absolute Gasteiger partial charge is 0.178 e. The summed E-state index contributed by atoms with van der Waals surface area (Å²) in [4.78, 5) is 0.177. The zero-order valence-corrected chi connectivity index (χ0v) is 12.0. The number of hydrogen-bond donors (Lipinski definition) is 1. The van der Waals surface area contributed by atoms with Crippen LogP contribution in [0.5, 0.6) is 0 Å². The van der Waals surface area contributed by atoms with Crippen molar-refractivity contribution in [1.29, 1.82) is 0 Å². The van der Waals surface area contributed by atoms with Gasteiger partial charge in [0.25, 0.3) is 0 Å². The van der Waals surface area contributed by atoms with Crippen LogP contribution in [0.4, 0.5) is 5.69 Å². The molecule has 1 aromatic rings. The van der Waals surface area contributed by atoms with E-state index in [0.717, 1.165) is 6.26 Å². The molecular formula is C11H17NO4S2. The lowest BCUT2D eigenvalue weighted by atomic mass is 10.2. The van der Waals surface area contributed by atoms with Crippen LogP contribution in [-0.4, -0.2) is 34.6 Å². The summed E-state index contributed by atoms with van der Waals surface area (Å²) in [6.45, 7) is 1.68. The van der Waals surface area contributed by atoms with E-state index in [0.29, 0.717) is 11.3 Å². The number of sulfone groups is 2. The van der Waals surface area contributed by atoms with Crippen LogP contribution in [0.15, 0.2) is 23.1 Å². The van der Waals surface area contributed by atoms with Crippen LogP contribution < -0.4 is 5.73 Å². The van der Waals surface area contributed by atoms with Gasteiger partial charge in [-0.25, -0.2) is 16.8 Å². The highest BCUT2D eigenvalue weighted by Gasteiger charge is 2.18. The second-order valence-corrected chi connectivity index (χ2v) is 8.66. The molecule has 0 spiro atoms. The number of anilines is 1. The molecule has 0 aromatic heterocycles. The zero-order chi connectivity index (χ0) is 14.0. The van der Waals surface area contributed by atoms with E-state index in [2.05, 4.69) is 0 Å². The molecule has 102 valence electrons. The van der Waals surface area contributed by atoms with E-state index in [9.17, 15) is 16.8 Å². The summed E-state index contributed by atoms with van der Waals surface area (Å²) in [6, 6.07) is 4.68. The van der Waals surface area contributed by atoms with Crippen LogP contribution in [0.25, 0.3) is 0 Å². The van der Waals surface area contributed by atoms with Gasteiger partial charge in [0.15, 0.2) is 9.84 Å². The molecule has 18 heavy (non-hydrogen) atoms. The van der Waals surface area contributed by atoms with Crippen LogP contribution in [0.2, 0.25) is 0 Å². The Kier molecular flexibility index (Phi) is 4.39. The van der Waals surface area contributed by atoms with Gasteiger partial charge in [-0.05, 0) is 31.0 Å². The fraction of sp³-hybridized carbons (Fsp3) is 0.455. The number of nitrogen functional groups attached to an aromatic ring is 1. The van der Waals surface area contributed by atoms with Crippen molar-refractivity contribution in [2.45, 2.75) is 18.2 Å². The van der Waals surface area contributed by atoms with Gasteiger partial charge < -0.3 is 5.73 Å². The van der Waals surface area contributed by atoms with Gasteiger partial charge in [0.05, 0.1) is 16.4 Å². The minimum Gasteiger partial charge on any atom is -0.399 e. The molecule has 0 aliphatic rings. The van der Waals surface area contributed by atoms with Crippen LogP contribution >= 0.6 is 0 Å². The van der Waals surface area contributed by atoms with Crippen molar-refractivity contribution < 1.29 is 16.8 Å². The van der Waals surface area contributed by atoms with Crippen molar-refractivity contribution in [2.75, 3.05) is 23.5 Å². The third-order valence-electron chi connectivity index (χ3n) is 2.48. The number of rotatable bonds is 5. The van der Waals surface area contributed by atoms with Crippen LogP contribution in [0.3, 0.4) is 0 Å². The van der Waals surface area contributed by atoms with Gasteiger partial charge in [0.2, 0.25) is 0 Å². The fourth-order valence-corrected chi connectivity index (χ4v) is 4.04.